The van der Waals surface area contributed by atoms with Gasteiger partial charge in [0.2, 0.25) is 0 Å². The second-order valence-electron chi connectivity index (χ2n) is 16.8. The van der Waals surface area contributed by atoms with Crippen LogP contribution in [0.2, 0.25) is 0 Å². The van der Waals surface area contributed by atoms with Gasteiger partial charge in [0.05, 0.1) is 38.1 Å². The molecule has 7 nitrogen and oxygen atoms in total. The number of hydrogen-bond acceptors (Lipinski definition) is 7. The van der Waals surface area contributed by atoms with Crippen molar-refractivity contribution in [2.45, 2.75) is 96.6 Å². The van der Waals surface area contributed by atoms with Gasteiger partial charge < -0.3 is 24.8 Å². The Bertz CT molecular complexity index is 1610. The van der Waals surface area contributed by atoms with Crippen LogP contribution in [0.25, 0.3) is 0 Å². The van der Waals surface area contributed by atoms with Gasteiger partial charge in [0.15, 0.2) is 5.78 Å². The molecule has 2 aromatic carbocycles. The van der Waals surface area contributed by atoms with Crippen LogP contribution >= 0.6 is 0 Å². The van der Waals surface area contributed by atoms with Crippen molar-refractivity contribution in [1.82, 2.24) is 4.90 Å². The first-order valence-electron chi connectivity index (χ1n) is 19.0. The molecule has 0 aliphatic heterocycles. The first-order chi connectivity index (χ1) is 23.9. The van der Waals surface area contributed by atoms with Crippen molar-refractivity contribution in [3.63, 3.8) is 0 Å². The van der Waals surface area contributed by atoms with Gasteiger partial charge in [-0.3, -0.25) is 9.69 Å². The zero-order chi connectivity index (χ0) is 35.4. The number of benzene rings is 2. The number of fused-ring (bicyclic) bond motifs is 1. The van der Waals surface area contributed by atoms with E-state index in [1.165, 1.54) is 0 Å². The standard InChI is InChI=1S/C43H57NO6/c1-5-23-44(26-33(46)28-50-27-30-9-7-6-8-10-30)29-42(48)20-17-37-40(42,3)19-16-36-39(2)18-15-32(45)24-41(39)21-22-43(36,37)35(25-41)38(47)31-11-13-34(49-4)14-12-31/h6-14,21-22,25,32-33,36-37,45-46,48H,5,15-20,23-24,26-29H2,1-4H3/t32?,33-,36-,37-,39-,40+,41+,42-,43-/m1/s1. The molecule has 6 aliphatic rings. The number of aliphatic hydroxyl groups excluding tert-OH is 2. The Morgan fingerprint density at radius 2 is 1.66 bits per heavy atom. The molecule has 2 aromatic rings. The van der Waals surface area contributed by atoms with E-state index in [0.717, 1.165) is 56.2 Å². The van der Waals surface area contributed by atoms with Crippen molar-refractivity contribution in [3.05, 3.63) is 89.5 Å². The van der Waals surface area contributed by atoms with Crippen LogP contribution in [-0.2, 0) is 11.3 Å². The van der Waals surface area contributed by atoms with Gasteiger partial charge in [-0.1, -0.05) is 69.3 Å². The summed E-state index contributed by atoms with van der Waals surface area (Å²) >= 11 is 0. The molecule has 0 amide bonds. The molecule has 7 heteroatoms. The van der Waals surface area contributed by atoms with Gasteiger partial charge in [-0.2, -0.15) is 0 Å². The zero-order valence-electron chi connectivity index (χ0n) is 30.4. The highest BCUT2D eigenvalue weighted by atomic mass is 16.5. The van der Waals surface area contributed by atoms with Crippen LogP contribution in [0.5, 0.6) is 5.75 Å². The van der Waals surface area contributed by atoms with E-state index in [1.54, 1.807) is 7.11 Å². The van der Waals surface area contributed by atoms with E-state index in [1.807, 2.05) is 54.6 Å². The molecule has 3 N–H and O–H groups in total. The van der Waals surface area contributed by atoms with Gasteiger partial charge in [0.25, 0.3) is 0 Å². The van der Waals surface area contributed by atoms with Crippen LogP contribution in [0, 0.1) is 33.5 Å². The van der Waals surface area contributed by atoms with E-state index in [2.05, 4.69) is 43.9 Å². The molecule has 6 aliphatic carbocycles. The van der Waals surface area contributed by atoms with Gasteiger partial charge >= 0.3 is 0 Å². The van der Waals surface area contributed by atoms with Crippen LogP contribution in [0.3, 0.4) is 0 Å². The molecule has 0 heterocycles. The maximum Gasteiger partial charge on any atom is 0.189 e. The summed E-state index contributed by atoms with van der Waals surface area (Å²) in [5, 5.41) is 35.0. The maximum atomic E-state index is 14.8. The average molecular weight is 684 g/mol. The predicted molar refractivity (Wildman–Crippen MR) is 195 cm³/mol. The third-order valence-electron chi connectivity index (χ3n) is 14.2. The first kappa shape index (κ1) is 35.6. The van der Waals surface area contributed by atoms with Gasteiger partial charge in [0.1, 0.15) is 5.75 Å². The van der Waals surface area contributed by atoms with Gasteiger partial charge in [0, 0.05) is 40.5 Å². The van der Waals surface area contributed by atoms with Gasteiger partial charge in [-0.05, 0) is 105 Å². The van der Waals surface area contributed by atoms with Crippen molar-refractivity contribution in [1.29, 1.82) is 0 Å². The van der Waals surface area contributed by atoms with Crippen molar-refractivity contribution < 1.29 is 29.6 Å². The van der Waals surface area contributed by atoms with Crippen LogP contribution in [0.1, 0.15) is 88.1 Å². The molecule has 0 saturated heterocycles. The molecule has 8 rings (SSSR count). The number of methoxy groups -OCH3 is 1. The van der Waals surface area contributed by atoms with Crippen molar-refractivity contribution >= 4 is 5.78 Å². The Labute approximate surface area is 298 Å². The summed E-state index contributed by atoms with van der Waals surface area (Å²) in [6.45, 7) is 9.22. The van der Waals surface area contributed by atoms with Crippen molar-refractivity contribution in [2.24, 2.45) is 33.5 Å². The number of ketones is 1. The second kappa shape index (κ2) is 13.3. The first-order valence-corrected chi connectivity index (χ1v) is 19.0. The third-order valence-corrected chi connectivity index (χ3v) is 14.2. The summed E-state index contributed by atoms with van der Waals surface area (Å²) in [6.07, 6.45) is 12.5. The van der Waals surface area contributed by atoms with Crippen LogP contribution in [0.15, 0.2) is 78.4 Å². The molecule has 2 spiro atoms. The second-order valence-corrected chi connectivity index (χ2v) is 16.8. The number of nitrogens with zero attached hydrogens (tertiary/aromatic N) is 1. The van der Waals surface area contributed by atoms with E-state index in [9.17, 15) is 20.1 Å². The molecule has 2 bridgehead atoms. The summed E-state index contributed by atoms with van der Waals surface area (Å²) < 4.78 is 11.3. The highest BCUT2D eigenvalue weighted by Gasteiger charge is 2.74. The lowest BCUT2D eigenvalue weighted by atomic mass is 9.32. The Balaban J connectivity index is 1.18. The Kier molecular flexibility index (Phi) is 9.47. The minimum absolute atomic E-state index is 0.0504. The lowest BCUT2D eigenvalue weighted by Crippen LogP contribution is -2.67. The minimum atomic E-state index is -0.977. The predicted octanol–water partition coefficient (Wildman–Crippen LogP) is 6.76. The van der Waals surface area contributed by atoms with Crippen molar-refractivity contribution in [3.8, 4) is 5.75 Å². The number of carbonyl (C=O) groups excluding carboxylic acids is 1. The monoisotopic (exact) mass is 683 g/mol. The molecule has 1 unspecified atom stereocenters. The number of ether oxygens (including phenoxy) is 2. The minimum Gasteiger partial charge on any atom is -0.497 e. The van der Waals surface area contributed by atoms with E-state index < -0.39 is 22.5 Å². The molecular formula is C43H57NO6. The van der Waals surface area contributed by atoms with Crippen molar-refractivity contribution in [2.75, 3.05) is 33.4 Å². The molecule has 9 atom stereocenters. The molecule has 0 radical (unpaired) electrons. The Morgan fingerprint density at radius 1 is 0.960 bits per heavy atom. The maximum absolute atomic E-state index is 14.8. The normalized spacial score (nSPS) is 37.5. The number of rotatable bonds is 13. The van der Waals surface area contributed by atoms with E-state index >= 15 is 0 Å². The van der Waals surface area contributed by atoms with Gasteiger partial charge in [-0.15, -0.1) is 0 Å². The lowest BCUT2D eigenvalue weighted by molar-refractivity contribution is -0.177. The fraction of sp³-hybridized carbons (Fsp3) is 0.605. The summed E-state index contributed by atoms with van der Waals surface area (Å²) in [4.78, 5) is 17.0. The van der Waals surface area contributed by atoms with Crippen LogP contribution in [0.4, 0.5) is 0 Å². The fourth-order valence-corrected chi connectivity index (χ4v) is 11.7. The topological polar surface area (TPSA) is 99.5 Å². The molecule has 0 aromatic heterocycles. The van der Waals surface area contributed by atoms with Gasteiger partial charge in [-0.25, -0.2) is 0 Å². The fourth-order valence-electron chi connectivity index (χ4n) is 11.7. The SMILES string of the molecule is CCCN(C[C@@H](O)COCc1ccccc1)C[C@]1(O)CC[C@H]2[C@]34C=C[C@@]5(C=C3C(=O)c3ccc(OC)cc3)CC(O)CC[C@]5(C)[C@H]4CC[C@@]21C. The summed E-state index contributed by atoms with van der Waals surface area (Å²) in [5.41, 5.74) is 0.224. The molecule has 3 fully saturated rings. The smallest absolute Gasteiger partial charge is 0.189 e. The largest absolute Gasteiger partial charge is 0.497 e. The number of Topliss-reactive ketones (excluding diaryl/α,β-unsaturated/α-hetero) is 1. The highest BCUT2D eigenvalue weighted by Crippen LogP contribution is 2.78. The quantitative estimate of drug-likeness (QED) is 0.159. The van der Waals surface area contributed by atoms with E-state index in [-0.39, 0.29) is 41.2 Å². The Morgan fingerprint density at radius 3 is 2.38 bits per heavy atom. The number of carbonyl (C=O) groups is 1. The summed E-state index contributed by atoms with van der Waals surface area (Å²) in [7, 11) is 1.63. The molecule has 270 valence electrons. The third kappa shape index (κ3) is 5.54. The molecule has 50 heavy (non-hydrogen) atoms. The molecular weight excluding hydrogens is 626 g/mol. The number of allylic oxidation sites excluding steroid dienone is 4. The zero-order valence-corrected chi connectivity index (χ0v) is 30.4. The summed E-state index contributed by atoms with van der Waals surface area (Å²) in [5.74, 6) is 1.08. The van der Waals surface area contributed by atoms with Crippen LogP contribution < -0.4 is 4.74 Å². The average Bonchev–Trinajstić information content (AvgIpc) is 3.38. The summed E-state index contributed by atoms with van der Waals surface area (Å²) in [6, 6.07) is 17.5. The molecule has 3 saturated carbocycles. The van der Waals surface area contributed by atoms with E-state index in [0.29, 0.717) is 43.9 Å². The van der Waals surface area contributed by atoms with E-state index in [4.69, 9.17) is 9.47 Å². The Hall–Kier alpha value is -2.81. The highest BCUT2D eigenvalue weighted by molar-refractivity contribution is 6.10. The lowest BCUT2D eigenvalue weighted by Gasteiger charge is -2.71. The van der Waals surface area contributed by atoms with Crippen LogP contribution in [-0.4, -0.2) is 77.2 Å². The number of aliphatic hydroxyl groups is 3. The number of hydrogen-bond donors (Lipinski definition) is 3.